The molecule has 3 atom stereocenters. The summed E-state index contributed by atoms with van der Waals surface area (Å²) in [6, 6.07) is 14.7. The highest BCUT2D eigenvalue weighted by molar-refractivity contribution is 8.14. The van der Waals surface area contributed by atoms with Gasteiger partial charge in [0.15, 0.2) is 5.17 Å². The molecular formula is C22H23N5S. The summed E-state index contributed by atoms with van der Waals surface area (Å²) in [6.45, 7) is 7.64. The van der Waals surface area contributed by atoms with Crippen molar-refractivity contribution in [3.05, 3.63) is 77.5 Å². The molecule has 0 saturated carbocycles. The molecule has 5 rings (SSSR count). The van der Waals surface area contributed by atoms with E-state index in [-0.39, 0.29) is 12.1 Å². The molecule has 6 heteroatoms. The number of aromatic nitrogens is 3. The molecular weight excluding hydrogens is 366 g/mol. The van der Waals surface area contributed by atoms with Crippen molar-refractivity contribution in [3.63, 3.8) is 0 Å². The molecule has 3 aromatic rings. The molecule has 2 aliphatic rings. The van der Waals surface area contributed by atoms with E-state index in [9.17, 15) is 0 Å². The number of hydrogen-bond acceptors (Lipinski definition) is 5. The number of amidine groups is 1. The predicted octanol–water partition coefficient (Wildman–Crippen LogP) is 4.47. The first-order valence-electron chi connectivity index (χ1n) is 9.66. The molecule has 142 valence electrons. The second kappa shape index (κ2) is 6.78. The molecule has 0 N–H and O–H groups in total. The minimum Gasteiger partial charge on any atom is -0.341 e. The number of fused-ring (bicyclic) bond motifs is 1. The molecule has 0 aromatic carbocycles. The maximum atomic E-state index is 5.10. The van der Waals surface area contributed by atoms with Crippen LogP contribution in [0.3, 0.4) is 0 Å². The van der Waals surface area contributed by atoms with Gasteiger partial charge in [0, 0.05) is 35.6 Å². The number of hydrogen-bond donors (Lipinski definition) is 0. The average Bonchev–Trinajstić information content (AvgIpc) is 3.33. The van der Waals surface area contributed by atoms with Gasteiger partial charge in [-0.2, -0.15) is 0 Å². The molecule has 2 aliphatic heterocycles. The number of aliphatic imine (C=N–C) groups is 1. The normalized spacial score (nSPS) is 23.8. The number of nitrogens with zero attached hydrogens (tertiary/aromatic N) is 5. The number of aryl methyl sites for hydroxylation is 1. The quantitative estimate of drug-likeness (QED) is 0.663. The van der Waals surface area contributed by atoms with Crippen molar-refractivity contribution in [2.45, 2.75) is 38.1 Å². The fourth-order valence-corrected chi connectivity index (χ4v) is 5.47. The molecule has 3 aromatic heterocycles. The summed E-state index contributed by atoms with van der Waals surface area (Å²) >= 11 is 1.88. The first kappa shape index (κ1) is 17.5. The van der Waals surface area contributed by atoms with E-state index >= 15 is 0 Å². The van der Waals surface area contributed by atoms with Crippen LogP contribution < -0.4 is 0 Å². The minimum atomic E-state index is 0.0221. The first-order chi connectivity index (χ1) is 13.6. The van der Waals surface area contributed by atoms with Gasteiger partial charge in [-0.1, -0.05) is 30.8 Å². The van der Waals surface area contributed by atoms with E-state index in [1.807, 2.05) is 42.4 Å². The largest absolute Gasteiger partial charge is 0.341 e. The van der Waals surface area contributed by atoms with Crippen LogP contribution in [0, 0.1) is 13.8 Å². The summed E-state index contributed by atoms with van der Waals surface area (Å²) in [5.74, 6) is 0.960. The molecule has 3 unspecified atom stereocenters. The number of rotatable bonds is 3. The van der Waals surface area contributed by atoms with E-state index < -0.39 is 0 Å². The summed E-state index contributed by atoms with van der Waals surface area (Å²) in [7, 11) is 0. The standard InChI is InChI=1S/C22H23N5S/c1-14-12-17(16(3)27(14)19-9-5-7-11-24-19)21-20(18-8-4-6-10-23-18)25-22-26(21)13-15(2)28-22/h4-12,15,20-21H,13H2,1-3H3. The molecule has 5 heterocycles. The monoisotopic (exact) mass is 389 g/mol. The van der Waals surface area contributed by atoms with E-state index in [1.165, 1.54) is 17.0 Å². The van der Waals surface area contributed by atoms with Crippen LogP contribution in [0.1, 0.15) is 41.7 Å². The van der Waals surface area contributed by atoms with Gasteiger partial charge in [0.1, 0.15) is 11.9 Å². The van der Waals surface area contributed by atoms with Crippen molar-refractivity contribution in [1.82, 2.24) is 19.4 Å². The van der Waals surface area contributed by atoms with Crippen LogP contribution >= 0.6 is 11.8 Å². The van der Waals surface area contributed by atoms with Gasteiger partial charge in [0.2, 0.25) is 0 Å². The van der Waals surface area contributed by atoms with Crippen molar-refractivity contribution in [3.8, 4) is 5.82 Å². The molecule has 0 aliphatic carbocycles. The lowest BCUT2D eigenvalue weighted by atomic mass is 9.96. The zero-order valence-corrected chi connectivity index (χ0v) is 17.1. The van der Waals surface area contributed by atoms with Gasteiger partial charge >= 0.3 is 0 Å². The van der Waals surface area contributed by atoms with Crippen molar-refractivity contribution in [2.24, 2.45) is 4.99 Å². The summed E-state index contributed by atoms with van der Waals surface area (Å²) in [6.07, 6.45) is 3.71. The van der Waals surface area contributed by atoms with Gasteiger partial charge in [-0.25, -0.2) is 4.98 Å². The van der Waals surface area contributed by atoms with Crippen LogP contribution in [-0.4, -0.2) is 36.4 Å². The lowest BCUT2D eigenvalue weighted by Gasteiger charge is -2.27. The van der Waals surface area contributed by atoms with Crippen LogP contribution in [-0.2, 0) is 0 Å². The summed E-state index contributed by atoms with van der Waals surface area (Å²) in [5, 5.41) is 1.71. The van der Waals surface area contributed by atoms with Crippen molar-refractivity contribution >= 4 is 16.9 Å². The Hall–Kier alpha value is -2.60. The molecule has 0 radical (unpaired) electrons. The molecule has 5 nitrogen and oxygen atoms in total. The van der Waals surface area contributed by atoms with E-state index in [2.05, 4.69) is 64.5 Å². The lowest BCUT2D eigenvalue weighted by molar-refractivity contribution is 0.320. The van der Waals surface area contributed by atoms with Gasteiger partial charge in [-0.15, -0.1) is 0 Å². The topological polar surface area (TPSA) is 46.3 Å². The molecule has 0 amide bonds. The fraction of sp³-hybridized carbons (Fsp3) is 0.318. The molecule has 28 heavy (non-hydrogen) atoms. The smallest absolute Gasteiger partial charge is 0.160 e. The second-order valence-electron chi connectivity index (χ2n) is 7.49. The Morgan fingerprint density at radius 2 is 1.82 bits per heavy atom. The minimum absolute atomic E-state index is 0.0221. The maximum Gasteiger partial charge on any atom is 0.160 e. The summed E-state index contributed by atoms with van der Waals surface area (Å²) in [5.41, 5.74) is 4.76. The highest BCUT2D eigenvalue weighted by Crippen LogP contribution is 2.48. The number of pyridine rings is 2. The van der Waals surface area contributed by atoms with E-state index in [0.29, 0.717) is 5.25 Å². The van der Waals surface area contributed by atoms with Gasteiger partial charge in [-0.05, 0) is 49.7 Å². The SMILES string of the molecule is Cc1cc(C2C(c3ccccn3)N=C3SC(C)CN32)c(C)n1-c1ccccn1. The van der Waals surface area contributed by atoms with Crippen LogP contribution in [0.15, 0.2) is 59.9 Å². The highest BCUT2D eigenvalue weighted by Gasteiger charge is 2.44. The first-order valence-corrected chi connectivity index (χ1v) is 10.5. The predicted molar refractivity (Wildman–Crippen MR) is 114 cm³/mol. The third kappa shape index (κ3) is 2.75. The van der Waals surface area contributed by atoms with E-state index in [0.717, 1.165) is 23.2 Å². The molecule has 0 bridgehead atoms. The highest BCUT2D eigenvalue weighted by atomic mass is 32.2. The number of thioether (sulfide) groups is 1. The Kier molecular flexibility index (Phi) is 4.23. The second-order valence-corrected chi connectivity index (χ2v) is 8.89. The van der Waals surface area contributed by atoms with Gasteiger partial charge < -0.3 is 9.47 Å². The van der Waals surface area contributed by atoms with Crippen molar-refractivity contribution in [2.75, 3.05) is 6.54 Å². The lowest BCUT2D eigenvalue weighted by Crippen LogP contribution is -2.28. The Morgan fingerprint density at radius 3 is 2.54 bits per heavy atom. The molecule has 1 fully saturated rings. The average molecular weight is 390 g/mol. The van der Waals surface area contributed by atoms with E-state index in [1.54, 1.807) is 0 Å². The zero-order chi connectivity index (χ0) is 19.3. The van der Waals surface area contributed by atoms with Gasteiger partial charge in [-0.3, -0.25) is 9.98 Å². The Bertz CT molecular complexity index is 1030. The van der Waals surface area contributed by atoms with Gasteiger partial charge in [0.25, 0.3) is 0 Å². The third-order valence-corrected chi connectivity index (χ3v) is 6.65. The van der Waals surface area contributed by atoms with Crippen LogP contribution in [0.25, 0.3) is 5.82 Å². The Labute approximate surface area is 169 Å². The van der Waals surface area contributed by atoms with Crippen molar-refractivity contribution < 1.29 is 0 Å². The van der Waals surface area contributed by atoms with Crippen LogP contribution in [0.4, 0.5) is 0 Å². The summed E-state index contributed by atoms with van der Waals surface area (Å²) < 4.78 is 2.25. The molecule has 0 spiro atoms. The van der Waals surface area contributed by atoms with E-state index in [4.69, 9.17) is 4.99 Å². The summed E-state index contributed by atoms with van der Waals surface area (Å²) in [4.78, 5) is 16.8. The fourth-order valence-electron chi connectivity index (χ4n) is 4.38. The van der Waals surface area contributed by atoms with Crippen molar-refractivity contribution in [1.29, 1.82) is 0 Å². The Balaban J connectivity index is 1.63. The molecule has 1 saturated heterocycles. The third-order valence-electron chi connectivity index (χ3n) is 5.55. The maximum absolute atomic E-state index is 5.10. The van der Waals surface area contributed by atoms with Gasteiger partial charge in [0.05, 0.1) is 11.7 Å². The van der Waals surface area contributed by atoms with Crippen LogP contribution in [0.2, 0.25) is 0 Å². The Morgan fingerprint density at radius 1 is 1.04 bits per heavy atom. The van der Waals surface area contributed by atoms with Crippen LogP contribution in [0.5, 0.6) is 0 Å². The zero-order valence-electron chi connectivity index (χ0n) is 16.3.